The van der Waals surface area contributed by atoms with Crippen molar-refractivity contribution in [3.63, 3.8) is 0 Å². The van der Waals surface area contributed by atoms with Crippen LogP contribution in [0.5, 0.6) is 0 Å². The molecule has 1 N–H and O–H groups in total. The molecule has 0 unspecified atom stereocenters. The maximum Gasteiger partial charge on any atom is 0.149 e. The molecule has 4 heteroatoms. The number of hydrogen-bond acceptors (Lipinski definition) is 4. The van der Waals surface area contributed by atoms with Gasteiger partial charge in [0, 0.05) is 19.6 Å². The highest BCUT2D eigenvalue weighted by atomic mass is 15.2. The van der Waals surface area contributed by atoms with Gasteiger partial charge in [-0.2, -0.15) is 0 Å². The van der Waals surface area contributed by atoms with Crippen molar-refractivity contribution in [1.82, 2.24) is 9.97 Å². The first-order chi connectivity index (χ1) is 10.4. The lowest BCUT2D eigenvalue weighted by Crippen LogP contribution is -2.24. The SMILES string of the molecule is CCCNc1cncc(N2CCCc3ccccc3C2)n1. The number of aryl methyl sites for hydroxylation is 1. The highest BCUT2D eigenvalue weighted by Crippen LogP contribution is 2.22. The second kappa shape index (κ2) is 6.57. The zero-order valence-corrected chi connectivity index (χ0v) is 12.5. The Morgan fingerprint density at radius 3 is 2.90 bits per heavy atom. The molecule has 21 heavy (non-hydrogen) atoms. The van der Waals surface area contributed by atoms with Crippen LogP contribution in [0.4, 0.5) is 11.6 Å². The van der Waals surface area contributed by atoms with Crippen LogP contribution in [-0.2, 0) is 13.0 Å². The maximum atomic E-state index is 4.70. The third-order valence-corrected chi connectivity index (χ3v) is 3.86. The van der Waals surface area contributed by atoms with Gasteiger partial charge in [-0.05, 0) is 30.4 Å². The molecule has 0 fully saturated rings. The highest BCUT2D eigenvalue weighted by Gasteiger charge is 2.15. The number of nitrogens with one attached hydrogen (secondary N) is 1. The molecule has 0 atom stereocenters. The predicted molar refractivity (Wildman–Crippen MR) is 86.6 cm³/mol. The van der Waals surface area contributed by atoms with Gasteiger partial charge in [-0.1, -0.05) is 31.2 Å². The summed E-state index contributed by atoms with van der Waals surface area (Å²) in [5.41, 5.74) is 2.87. The fourth-order valence-corrected chi connectivity index (χ4v) is 2.74. The lowest BCUT2D eigenvalue weighted by atomic mass is 10.0. The van der Waals surface area contributed by atoms with Crippen molar-refractivity contribution in [3.8, 4) is 0 Å². The lowest BCUT2D eigenvalue weighted by Gasteiger charge is -2.22. The molecule has 2 heterocycles. The number of benzene rings is 1. The normalized spacial score (nSPS) is 14.4. The molecule has 0 aliphatic carbocycles. The maximum absolute atomic E-state index is 4.70. The van der Waals surface area contributed by atoms with Crippen LogP contribution in [0, 0.1) is 0 Å². The molecule has 0 bridgehead atoms. The Morgan fingerprint density at radius 2 is 2.05 bits per heavy atom. The Balaban J connectivity index is 1.80. The molecule has 0 saturated heterocycles. The molecule has 1 aliphatic heterocycles. The summed E-state index contributed by atoms with van der Waals surface area (Å²) in [4.78, 5) is 11.4. The lowest BCUT2D eigenvalue weighted by molar-refractivity contribution is 0.752. The van der Waals surface area contributed by atoms with Crippen molar-refractivity contribution in [2.45, 2.75) is 32.7 Å². The van der Waals surface area contributed by atoms with Crippen LogP contribution in [0.3, 0.4) is 0 Å². The van der Waals surface area contributed by atoms with Gasteiger partial charge in [-0.3, -0.25) is 4.98 Å². The topological polar surface area (TPSA) is 41.1 Å². The minimum Gasteiger partial charge on any atom is -0.369 e. The number of nitrogens with zero attached hydrogens (tertiary/aromatic N) is 3. The van der Waals surface area contributed by atoms with Crippen LogP contribution in [0.1, 0.15) is 30.9 Å². The van der Waals surface area contributed by atoms with Gasteiger partial charge in [0.15, 0.2) is 0 Å². The Hall–Kier alpha value is -2.10. The first-order valence-corrected chi connectivity index (χ1v) is 7.74. The van der Waals surface area contributed by atoms with Gasteiger partial charge < -0.3 is 10.2 Å². The summed E-state index contributed by atoms with van der Waals surface area (Å²) in [5, 5.41) is 3.31. The van der Waals surface area contributed by atoms with Gasteiger partial charge >= 0.3 is 0 Å². The van der Waals surface area contributed by atoms with E-state index in [9.17, 15) is 0 Å². The molecule has 4 nitrogen and oxygen atoms in total. The van der Waals surface area contributed by atoms with Gasteiger partial charge in [-0.25, -0.2) is 4.98 Å². The van der Waals surface area contributed by atoms with Crippen molar-refractivity contribution in [2.24, 2.45) is 0 Å². The molecule has 1 aromatic heterocycles. The number of anilines is 2. The van der Waals surface area contributed by atoms with E-state index < -0.39 is 0 Å². The second-order valence-electron chi connectivity index (χ2n) is 5.48. The van der Waals surface area contributed by atoms with E-state index in [0.717, 1.165) is 50.5 Å². The first kappa shape index (κ1) is 13.9. The Kier molecular flexibility index (Phi) is 4.34. The fourth-order valence-electron chi connectivity index (χ4n) is 2.74. The molecular formula is C17H22N4. The molecule has 0 amide bonds. The second-order valence-corrected chi connectivity index (χ2v) is 5.48. The van der Waals surface area contributed by atoms with Crippen LogP contribution in [0.25, 0.3) is 0 Å². The van der Waals surface area contributed by atoms with Gasteiger partial charge in [-0.15, -0.1) is 0 Å². The minimum atomic E-state index is 0.867. The molecule has 0 radical (unpaired) electrons. The summed E-state index contributed by atoms with van der Waals surface area (Å²) < 4.78 is 0. The first-order valence-electron chi connectivity index (χ1n) is 7.74. The number of hydrogen-bond donors (Lipinski definition) is 1. The van der Waals surface area contributed by atoms with Crippen molar-refractivity contribution < 1.29 is 0 Å². The van der Waals surface area contributed by atoms with Crippen molar-refractivity contribution in [1.29, 1.82) is 0 Å². The van der Waals surface area contributed by atoms with E-state index in [1.807, 2.05) is 6.20 Å². The van der Waals surface area contributed by atoms with Crippen molar-refractivity contribution in [3.05, 3.63) is 47.8 Å². The average Bonchev–Trinajstić information content (AvgIpc) is 2.75. The summed E-state index contributed by atoms with van der Waals surface area (Å²) in [5.74, 6) is 1.83. The van der Waals surface area contributed by atoms with E-state index in [4.69, 9.17) is 4.98 Å². The zero-order valence-electron chi connectivity index (χ0n) is 12.5. The summed E-state index contributed by atoms with van der Waals surface area (Å²) in [6, 6.07) is 8.71. The summed E-state index contributed by atoms with van der Waals surface area (Å²) >= 11 is 0. The van der Waals surface area contributed by atoms with Crippen molar-refractivity contribution >= 4 is 11.6 Å². The number of fused-ring (bicyclic) bond motifs is 1. The molecule has 0 spiro atoms. The summed E-state index contributed by atoms with van der Waals surface area (Å²) in [6.45, 7) is 5.03. The van der Waals surface area contributed by atoms with E-state index in [1.54, 1.807) is 6.20 Å². The van der Waals surface area contributed by atoms with Crippen LogP contribution >= 0.6 is 0 Å². The molecule has 3 rings (SSSR count). The van der Waals surface area contributed by atoms with E-state index in [-0.39, 0.29) is 0 Å². The largest absolute Gasteiger partial charge is 0.369 e. The van der Waals surface area contributed by atoms with Crippen LogP contribution in [0.15, 0.2) is 36.7 Å². The molecule has 110 valence electrons. The Morgan fingerprint density at radius 1 is 1.19 bits per heavy atom. The summed E-state index contributed by atoms with van der Waals surface area (Å²) in [6.07, 6.45) is 7.05. The Labute approximate surface area is 126 Å². The Bertz CT molecular complexity index is 597. The van der Waals surface area contributed by atoms with Gasteiger partial charge in [0.1, 0.15) is 11.6 Å². The third kappa shape index (κ3) is 3.32. The van der Waals surface area contributed by atoms with Crippen LogP contribution in [0.2, 0.25) is 0 Å². The number of aromatic nitrogens is 2. The molecule has 1 aromatic carbocycles. The van der Waals surface area contributed by atoms with Crippen LogP contribution in [-0.4, -0.2) is 23.1 Å². The van der Waals surface area contributed by atoms with E-state index in [2.05, 4.69) is 46.4 Å². The zero-order chi connectivity index (χ0) is 14.5. The quantitative estimate of drug-likeness (QED) is 0.934. The van der Waals surface area contributed by atoms with Crippen molar-refractivity contribution in [2.75, 3.05) is 23.3 Å². The van der Waals surface area contributed by atoms with Gasteiger partial charge in [0.25, 0.3) is 0 Å². The van der Waals surface area contributed by atoms with Crippen LogP contribution < -0.4 is 10.2 Å². The minimum absolute atomic E-state index is 0.867. The molecule has 2 aromatic rings. The fraction of sp³-hybridized carbons (Fsp3) is 0.412. The third-order valence-electron chi connectivity index (χ3n) is 3.86. The highest BCUT2D eigenvalue weighted by molar-refractivity contribution is 5.45. The standard InChI is InChI=1S/C17H22N4/c1-2-9-19-16-11-18-12-17(20-16)21-10-5-8-14-6-3-4-7-15(14)13-21/h3-4,6-7,11-12H,2,5,8-10,13H2,1H3,(H,19,20). The summed E-state index contributed by atoms with van der Waals surface area (Å²) in [7, 11) is 0. The average molecular weight is 282 g/mol. The monoisotopic (exact) mass is 282 g/mol. The molecule has 0 saturated carbocycles. The smallest absolute Gasteiger partial charge is 0.149 e. The molecular weight excluding hydrogens is 260 g/mol. The number of rotatable bonds is 4. The van der Waals surface area contributed by atoms with E-state index in [0.29, 0.717) is 0 Å². The molecule has 1 aliphatic rings. The van der Waals surface area contributed by atoms with Gasteiger partial charge in [0.2, 0.25) is 0 Å². The predicted octanol–water partition coefficient (Wildman–Crippen LogP) is 3.25. The van der Waals surface area contributed by atoms with E-state index >= 15 is 0 Å². The van der Waals surface area contributed by atoms with Gasteiger partial charge in [0.05, 0.1) is 12.4 Å². The van der Waals surface area contributed by atoms with E-state index in [1.165, 1.54) is 11.1 Å².